The number of nitrogens with one attached hydrogen (secondary N) is 3. The van der Waals surface area contributed by atoms with Crippen molar-refractivity contribution in [2.75, 3.05) is 26.4 Å². The number of nitrogens with zero attached hydrogens (tertiary/aromatic N) is 1. The van der Waals surface area contributed by atoms with Gasteiger partial charge in [0.1, 0.15) is 5.75 Å². The molecule has 0 unspecified atom stereocenters. The third-order valence-corrected chi connectivity index (χ3v) is 5.93. The number of ether oxygens (including phenoxy) is 4. The zero-order valence-corrected chi connectivity index (χ0v) is 24.1. The Morgan fingerprint density at radius 3 is 2.56 bits per heavy atom. The summed E-state index contributed by atoms with van der Waals surface area (Å²) < 4.78 is 21.7. The Morgan fingerprint density at radius 2 is 1.85 bits per heavy atom. The molecule has 1 aliphatic rings. The predicted octanol–water partition coefficient (Wildman–Crippen LogP) is 3.09. The van der Waals surface area contributed by atoms with Gasteiger partial charge in [-0.1, -0.05) is 29.8 Å². The van der Waals surface area contributed by atoms with E-state index in [1.807, 2.05) is 0 Å². The molecule has 1 aliphatic heterocycles. The molecular formula is C27H29ClN4O8S. The van der Waals surface area contributed by atoms with Crippen LogP contribution in [0.2, 0.25) is 5.02 Å². The maximum atomic E-state index is 12.7. The van der Waals surface area contributed by atoms with E-state index in [-0.39, 0.29) is 36.3 Å². The lowest BCUT2D eigenvalue weighted by Crippen LogP contribution is -2.45. The molecule has 0 spiro atoms. The third kappa shape index (κ3) is 8.56. The maximum absolute atomic E-state index is 12.7. The Balaban J connectivity index is 1.70. The van der Waals surface area contributed by atoms with Crippen LogP contribution in [-0.2, 0) is 19.1 Å². The van der Waals surface area contributed by atoms with Crippen LogP contribution < -0.4 is 30.3 Å². The molecule has 2 aromatic carbocycles. The highest BCUT2D eigenvalue weighted by atomic mass is 35.5. The van der Waals surface area contributed by atoms with Gasteiger partial charge in [-0.3, -0.25) is 4.79 Å². The van der Waals surface area contributed by atoms with Crippen LogP contribution in [0.4, 0.5) is 0 Å². The van der Waals surface area contributed by atoms with Crippen molar-refractivity contribution in [2.24, 2.45) is 5.10 Å². The predicted molar refractivity (Wildman–Crippen MR) is 154 cm³/mol. The lowest BCUT2D eigenvalue weighted by molar-refractivity contribution is -0.140. The number of amides is 1. The molecule has 0 saturated carbocycles. The minimum Gasteiger partial charge on any atom is -0.490 e. The Labute approximate surface area is 246 Å². The van der Waals surface area contributed by atoms with Gasteiger partial charge in [0.2, 0.25) is 0 Å². The maximum Gasteiger partial charge on any atom is 0.341 e. The summed E-state index contributed by atoms with van der Waals surface area (Å²) in [5.41, 5.74) is 4.31. The number of aliphatic carboxylic acids is 1. The molecule has 0 fully saturated rings. The number of hydrogen-bond donors (Lipinski definition) is 4. The third-order valence-electron chi connectivity index (χ3n) is 5.43. The highest BCUT2D eigenvalue weighted by Gasteiger charge is 2.32. The minimum absolute atomic E-state index is 0.0873. The average molecular weight is 605 g/mol. The number of rotatable bonds is 13. The number of carbonyl (C=O) groups excluding carboxylic acids is 2. The zero-order chi connectivity index (χ0) is 29.9. The van der Waals surface area contributed by atoms with Crippen LogP contribution in [0.1, 0.15) is 37.9 Å². The number of carbonyl (C=O) groups is 3. The molecule has 4 N–H and O–H groups in total. The first-order valence-corrected chi connectivity index (χ1v) is 13.2. The van der Waals surface area contributed by atoms with Crippen molar-refractivity contribution in [2.45, 2.75) is 26.8 Å². The van der Waals surface area contributed by atoms with E-state index in [9.17, 15) is 14.4 Å². The quantitative estimate of drug-likeness (QED) is 0.115. The number of benzene rings is 2. The van der Waals surface area contributed by atoms with Gasteiger partial charge in [-0.2, -0.15) is 5.10 Å². The summed E-state index contributed by atoms with van der Waals surface area (Å²) in [7, 11) is 0. The van der Waals surface area contributed by atoms with Crippen LogP contribution in [0, 0.1) is 0 Å². The van der Waals surface area contributed by atoms with E-state index in [0.717, 1.165) is 0 Å². The highest BCUT2D eigenvalue weighted by molar-refractivity contribution is 7.80. The van der Waals surface area contributed by atoms with E-state index in [0.29, 0.717) is 33.3 Å². The molecule has 2 aromatic rings. The summed E-state index contributed by atoms with van der Waals surface area (Å²) in [5.74, 6) is -1.55. The molecule has 1 heterocycles. The summed E-state index contributed by atoms with van der Waals surface area (Å²) in [4.78, 5) is 36.0. The Hall–Kier alpha value is -4.36. The van der Waals surface area contributed by atoms with Crippen LogP contribution in [0.25, 0.3) is 0 Å². The largest absolute Gasteiger partial charge is 0.490 e. The number of carboxylic acid groups (broad SMARTS) is 1. The summed E-state index contributed by atoms with van der Waals surface area (Å²) in [5, 5.41) is 19.2. The summed E-state index contributed by atoms with van der Waals surface area (Å²) >= 11 is 11.5. The Bertz CT molecular complexity index is 1380. The van der Waals surface area contributed by atoms with Crippen molar-refractivity contribution < 1.29 is 38.4 Å². The molecule has 41 heavy (non-hydrogen) atoms. The fourth-order valence-electron chi connectivity index (χ4n) is 3.81. The standard InChI is InChI=1S/C27H29ClN4O8S/c1-4-37-20-11-16(10-18(28)25(20)40-14-22(34)35)12-29-32-21(33)13-39-19-9-7-6-8-17(19)24-23(26(36)38-5-2)15(3)30-27(41)31-24/h6-12,24H,4-5,13-14H2,1-3H3,(H,32,33)(H,34,35)(H2,30,31,41)/t24-/m0/s1. The zero-order valence-electron chi connectivity index (χ0n) is 22.5. The number of hydrazone groups is 1. The number of thiocarbonyl (C=S) groups is 1. The monoisotopic (exact) mass is 604 g/mol. The summed E-state index contributed by atoms with van der Waals surface area (Å²) in [6.07, 6.45) is 1.33. The number of para-hydroxylation sites is 1. The molecule has 0 aliphatic carbocycles. The molecule has 0 bridgehead atoms. The van der Waals surface area contributed by atoms with Gasteiger partial charge in [0.05, 0.1) is 36.1 Å². The number of halogens is 1. The van der Waals surface area contributed by atoms with Gasteiger partial charge < -0.3 is 34.7 Å². The first-order valence-electron chi connectivity index (χ1n) is 12.4. The van der Waals surface area contributed by atoms with Crippen LogP contribution >= 0.6 is 23.8 Å². The second-order valence-electron chi connectivity index (χ2n) is 8.36. The SMILES string of the molecule is CCOC(=O)C1=C(C)NC(=S)N[C@H]1c1ccccc1OCC(=O)NN=Cc1cc(Cl)c(OCC(=O)O)c(OCC)c1. The van der Waals surface area contributed by atoms with E-state index < -0.39 is 30.5 Å². The molecule has 3 rings (SSSR count). The van der Waals surface area contributed by atoms with Gasteiger partial charge in [0.15, 0.2) is 29.8 Å². The van der Waals surface area contributed by atoms with Crippen molar-refractivity contribution in [1.82, 2.24) is 16.1 Å². The second kappa shape index (κ2) is 14.9. The van der Waals surface area contributed by atoms with Crippen molar-refractivity contribution in [3.63, 3.8) is 0 Å². The lowest BCUT2D eigenvalue weighted by Gasteiger charge is -2.30. The van der Waals surface area contributed by atoms with E-state index in [2.05, 4.69) is 21.2 Å². The molecule has 0 radical (unpaired) electrons. The number of hydrogen-bond acceptors (Lipinski definition) is 9. The lowest BCUT2D eigenvalue weighted by atomic mass is 9.95. The first kappa shape index (κ1) is 31.2. The van der Waals surface area contributed by atoms with Gasteiger partial charge >= 0.3 is 11.9 Å². The van der Waals surface area contributed by atoms with Gasteiger partial charge in [-0.15, -0.1) is 0 Å². The van der Waals surface area contributed by atoms with Crippen LogP contribution in [-0.4, -0.2) is 60.7 Å². The Kier molecular flexibility index (Phi) is 11.3. The van der Waals surface area contributed by atoms with Crippen molar-refractivity contribution in [3.8, 4) is 17.2 Å². The minimum atomic E-state index is -1.16. The molecule has 12 nitrogen and oxygen atoms in total. The molecule has 0 saturated heterocycles. The number of carboxylic acids is 1. The van der Waals surface area contributed by atoms with Crippen LogP contribution in [0.3, 0.4) is 0 Å². The van der Waals surface area contributed by atoms with Crippen molar-refractivity contribution in [1.29, 1.82) is 0 Å². The Morgan fingerprint density at radius 1 is 1.10 bits per heavy atom. The molecule has 218 valence electrons. The molecule has 14 heteroatoms. The van der Waals surface area contributed by atoms with Gasteiger partial charge in [-0.05, 0) is 56.8 Å². The molecular weight excluding hydrogens is 576 g/mol. The van der Waals surface area contributed by atoms with Gasteiger partial charge in [-0.25, -0.2) is 15.0 Å². The number of allylic oxidation sites excluding steroid dienone is 1. The smallest absolute Gasteiger partial charge is 0.341 e. The van der Waals surface area contributed by atoms with Crippen LogP contribution in [0.15, 0.2) is 52.8 Å². The van der Waals surface area contributed by atoms with E-state index in [4.69, 9.17) is 47.9 Å². The fourth-order valence-corrected chi connectivity index (χ4v) is 4.36. The topological polar surface area (TPSA) is 157 Å². The fraction of sp³-hybridized carbons (Fsp3) is 0.296. The molecule has 0 aromatic heterocycles. The number of esters is 1. The summed E-state index contributed by atoms with van der Waals surface area (Å²) in [6, 6.07) is 9.30. The van der Waals surface area contributed by atoms with Crippen molar-refractivity contribution in [3.05, 3.63) is 63.8 Å². The van der Waals surface area contributed by atoms with Gasteiger partial charge in [0.25, 0.3) is 5.91 Å². The van der Waals surface area contributed by atoms with Crippen LogP contribution in [0.5, 0.6) is 17.2 Å². The average Bonchev–Trinajstić information content (AvgIpc) is 2.91. The first-order chi connectivity index (χ1) is 19.6. The normalized spacial score (nSPS) is 14.6. The van der Waals surface area contributed by atoms with Crippen molar-refractivity contribution >= 4 is 53.0 Å². The van der Waals surface area contributed by atoms with E-state index >= 15 is 0 Å². The second-order valence-corrected chi connectivity index (χ2v) is 9.17. The molecule has 1 amide bonds. The van der Waals surface area contributed by atoms with E-state index in [1.165, 1.54) is 12.3 Å². The van der Waals surface area contributed by atoms with E-state index in [1.54, 1.807) is 51.1 Å². The highest BCUT2D eigenvalue weighted by Crippen LogP contribution is 2.36. The summed E-state index contributed by atoms with van der Waals surface area (Å²) in [6.45, 7) is 4.70. The molecule has 1 atom stereocenters. The van der Waals surface area contributed by atoms with Gasteiger partial charge in [0, 0.05) is 11.3 Å².